The zero-order valence-electron chi connectivity index (χ0n) is 27.1. The molecule has 0 aliphatic carbocycles. The summed E-state index contributed by atoms with van der Waals surface area (Å²) in [5.41, 5.74) is 8.23. The molecule has 1 N–H and O–H groups in total. The Morgan fingerprint density at radius 1 is 1.09 bits per heavy atom. The lowest BCUT2D eigenvalue weighted by Crippen LogP contribution is -2.46. The van der Waals surface area contributed by atoms with Crippen LogP contribution in [0, 0.1) is 26.2 Å². The molecular weight excluding hydrogens is 568 g/mol. The number of ether oxygens (including phenoxy) is 1. The molecule has 5 rings (SSSR count). The fourth-order valence-corrected chi connectivity index (χ4v) is 6.32. The maximum absolute atomic E-state index is 14.6. The highest BCUT2D eigenvalue weighted by atomic mass is 32.2. The Hall–Kier alpha value is -4.11. The van der Waals surface area contributed by atoms with E-state index in [2.05, 4.69) is 68.7 Å². The molecule has 2 aromatic heterocycles. The molecule has 0 radical (unpaired) electrons. The van der Waals surface area contributed by atoms with E-state index in [1.54, 1.807) is 6.20 Å². The van der Waals surface area contributed by atoms with Gasteiger partial charge >= 0.3 is 0 Å². The first-order valence-corrected chi connectivity index (χ1v) is 15.8. The summed E-state index contributed by atoms with van der Waals surface area (Å²) in [5, 5.41) is 4.58. The fraction of sp³-hybridized carbons (Fsp3) is 0.371. The van der Waals surface area contributed by atoms with Crippen molar-refractivity contribution in [3.8, 4) is 17.1 Å². The monoisotopic (exact) mass is 610 g/mol. The molecule has 44 heavy (non-hydrogen) atoms. The third kappa shape index (κ3) is 6.68. The van der Waals surface area contributed by atoms with Gasteiger partial charge in [0.25, 0.3) is 5.91 Å². The molecular formula is C35H42N6O2S. The first kappa shape index (κ1) is 31.3. The lowest BCUT2D eigenvalue weighted by atomic mass is 9.87. The summed E-state index contributed by atoms with van der Waals surface area (Å²) in [6, 6.07) is 13.6. The second kappa shape index (κ2) is 12.5. The fourth-order valence-electron chi connectivity index (χ4n) is 5.69. The number of anilines is 2. The van der Waals surface area contributed by atoms with Gasteiger partial charge in [0.05, 0.1) is 29.3 Å². The average molecular weight is 611 g/mol. The topological polar surface area (TPSA) is 85.2 Å². The van der Waals surface area contributed by atoms with Crippen LogP contribution < -0.4 is 14.4 Å². The van der Waals surface area contributed by atoms with Gasteiger partial charge in [-0.15, -0.1) is 0 Å². The number of fused-ring (bicyclic) bond motifs is 4. The van der Waals surface area contributed by atoms with E-state index in [9.17, 15) is 4.79 Å². The number of amides is 1. The van der Waals surface area contributed by atoms with Crippen LogP contribution in [0.4, 0.5) is 11.6 Å². The second-order valence-corrected chi connectivity index (χ2v) is 13.9. The van der Waals surface area contributed by atoms with Crippen LogP contribution in [0.3, 0.4) is 0 Å². The normalized spacial score (nSPS) is 15.4. The maximum Gasteiger partial charge on any atom is 0.258 e. The molecule has 9 heteroatoms. The van der Waals surface area contributed by atoms with E-state index >= 15 is 0 Å². The molecule has 1 atom stereocenters. The standard InChI is InChI=1S/C35H42N6O2S/c1-21(2)16-28-29(19-36-40(28)9)41-26(18-35(6,7)8)20-43-32-24(5)31(30-22(3)12-10-13-23(30)4)37-34(38-32)39-44-27-15-11-14-25(17-27)33(41)42/h10-17,19,26H,18,20H2,1-9H3,(H,37,38,39)/t26-/m1/s1. The first-order chi connectivity index (χ1) is 20.8. The molecule has 1 amide bonds. The molecule has 3 heterocycles. The zero-order chi connectivity index (χ0) is 31.8. The van der Waals surface area contributed by atoms with Gasteiger partial charge in [-0.25, -0.2) is 4.98 Å². The summed E-state index contributed by atoms with van der Waals surface area (Å²) in [5.74, 6) is 0.840. The van der Waals surface area contributed by atoms with Crippen molar-refractivity contribution >= 4 is 35.6 Å². The molecule has 0 spiro atoms. The molecule has 2 aromatic carbocycles. The number of aromatic nitrogens is 4. The summed E-state index contributed by atoms with van der Waals surface area (Å²) in [7, 11) is 1.91. The minimum Gasteiger partial charge on any atom is -0.475 e. The smallest absolute Gasteiger partial charge is 0.258 e. The Bertz CT molecular complexity index is 1710. The number of nitrogens with zero attached hydrogens (tertiary/aromatic N) is 5. The van der Waals surface area contributed by atoms with Crippen molar-refractivity contribution in [2.75, 3.05) is 16.2 Å². The van der Waals surface area contributed by atoms with E-state index in [-0.39, 0.29) is 24.0 Å². The van der Waals surface area contributed by atoms with Crippen LogP contribution >= 0.6 is 11.9 Å². The van der Waals surface area contributed by atoms with Crippen molar-refractivity contribution < 1.29 is 9.53 Å². The Morgan fingerprint density at radius 3 is 2.48 bits per heavy atom. The van der Waals surface area contributed by atoms with Crippen molar-refractivity contribution in [2.24, 2.45) is 12.5 Å². The quantitative estimate of drug-likeness (QED) is 0.233. The predicted molar refractivity (Wildman–Crippen MR) is 180 cm³/mol. The molecule has 230 valence electrons. The highest BCUT2D eigenvalue weighted by Crippen LogP contribution is 2.36. The number of benzene rings is 2. The number of aryl methyl sites for hydroxylation is 3. The molecule has 8 nitrogen and oxygen atoms in total. The van der Waals surface area contributed by atoms with Crippen LogP contribution in [-0.2, 0) is 7.05 Å². The van der Waals surface area contributed by atoms with Crippen molar-refractivity contribution in [3.63, 3.8) is 0 Å². The Balaban J connectivity index is 1.72. The van der Waals surface area contributed by atoms with Gasteiger partial charge < -0.3 is 4.74 Å². The maximum atomic E-state index is 14.6. The minimum absolute atomic E-state index is 0.103. The molecule has 0 saturated carbocycles. The van der Waals surface area contributed by atoms with Crippen LogP contribution in [0.2, 0.25) is 0 Å². The zero-order valence-corrected chi connectivity index (χ0v) is 28.0. The number of carbonyl (C=O) groups excluding carboxylic acids is 1. The number of nitrogens with one attached hydrogen (secondary N) is 1. The molecule has 4 aromatic rings. The summed E-state index contributed by atoms with van der Waals surface area (Å²) in [6.07, 6.45) is 4.54. The van der Waals surface area contributed by atoms with E-state index in [4.69, 9.17) is 14.7 Å². The van der Waals surface area contributed by atoms with E-state index in [0.29, 0.717) is 23.8 Å². The third-order valence-electron chi connectivity index (χ3n) is 7.65. The second-order valence-electron chi connectivity index (χ2n) is 13.0. The minimum atomic E-state index is -0.317. The first-order valence-electron chi connectivity index (χ1n) is 14.9. The highest BCUT2D eigenvalue weighted by Gasteiger charge is 2.34. The molecule has 1 aliphatic heterocycles. The van der Waals surface area contributed by atoms with Gasteiger partial charge in [0.2, 0.25) is 11.8 Å². The van der Waals surface area contributed by atoms with Crippen LogP contribution in [0.5, 0.6) is 5.88 Å². The van der Waals surface area contributed by atoms with Crippen molar-refractivity contribution in [3.05, 3.63) is 82.2 Å². The van der Waals surface area contributed by atoms with Gasteiger partial charge in [-0.1, -0.05) is 50.6 Å². The van der Waals surface area contributed by atoms with Crippen molar-refractivity contribution in [2.45, 2.75) is 72.7 Å². The van der Waals surface area contributed by atoms with Gasteiger partial charge in [-0.05, 0) is 93.8 Å². The summed E-state index contributed by atoms with van der Waals surface area (Å²) >= 11 is 1.37. The predicted octanol–water partition coefficient (Wildman–Crippen LogP) is 8.19. The molecule has 4 bridgehead atoms. The molecule has 0 unspecified atom stereocenters. The van der Waals surface area contributed by atoms with Gasteiger partial charge in [-0.3, -0.25) is 19.1 Å². The van der Waals surface area contributed by atoms with E-state index in [0.717, 1.165) is 49.8 Å². The summed E-state index contributed by atoms with van der Waals surface area (Å²) in [6.45, 7) is 17.1. The van der Waals surface area contributed by atoms with Crippen LogP contribution in [0.15, 0.2) is 59.1 Å². The van der Waals surface area contributed by atoms with Gasteiger partial charge in [-0.2, -0.15) is 10.1 Å². The van der Waals surface area contributed by atoms with Crippen LogP contribution in [0.1, 0.15) is 73.8 Å². The van der Waals surface area contributed by atoms with Crippen LogP contribution in [0.25, 0.3) is 17.3 Å². The number of hydrogen-bond acceptors (Lipinski definition) is 7. The van der Waals surface area contributed by atoms with E-state index in [1.807, 2.05) is 61.7 Å². The van der Waals surface area contributed by atoms with E-state index in [1.165, 1.54) is 11.9 Å². The average Bonchev–Trinajstić information content (AvgIpc) is 3.29. The highest BCUT2D eigenvalue weighted by molar-refractivity contribution is 8.00. The molecule has 0 saturated heterocycles. The van der Waals surface area contributed by atoms with Gasteiger partial charge in [0.1, 0.15) is 6.61 Å². The SMILES string of the molecule is CC(C)=Cc1c(N2C(=O)c3cccc(c3)SNc3nc(c(C)c(-c4c(C)cccc4C)n3)OC[C@H]2CC(C)(C)C)cnn1C. The van der Waals surface area contributed by atoms with Crippen molar-refractivity contribution in [1.82, 2.24) is 19.7 Å². The van der Waals surface area contributed by atoms with Crippen LogP contribution in [-0.4, -0.2) is 38.3 Å². The summed E-state index contributed by atoms with van der Waals surface area (Å²) < 4.78 is 11.8. The lowest BCUT2D eigenvalue weighted by Gasteiger charge is -2.35. The Morgan fingerprint density at radius 2 is 1.80 bits per heavy atom. The van der Waals surface area contributed by atoms with Gasteiger partial charge in [0.15, 0.2) is 0 Å². The number of hydrogen-bond donors (Lipinski definition) is 1. The Kier molecular flexibility index (Phi) is 8.88. The summed E-state index contributed by atoms with van der Waals surface area (Å²) in [4.78, 5) is 27.1. The van der Waals surface area contributed by atoms with Crippen molar-refractivity contribution in [1.29, 1.82) is 0 Å². The van der Waals surface area contributed by atoms with Gasteiger partial charge in [0, 0.05) is 28.6 Å². The molecule has 1 aliphatic rings. The number of rotatable bonds is 4. The number of allylic oxidation sites excluding steroid dienone is 1. The molecule has 0 fully saturated rings. The lowest BCUT2D eigenvalue weighted by molar-refractivity contribution is 0.0955. The number of carbonyl (C=O) groups is 1. The largest absolute Gasteiger partial charge is 0.475 e. The van der Waals surface area contributed by atoms with E-state index < -0.39 is 0 Å². The Labute approximate surface area is 265 Å². The third-order valence-corrected chi connectivity index (χ3v) is 8.43.